The van der Waals surface area contributed by atoms with Crippen molar-refractivity contribution >= 4 is 28.9 Å². The normalized spacial score (nSPS) is 15.3. The summed E-state index contributed by atoms with van der Waals surface area (Å²) in [4.78, 5) is 14.2. The molecule has 4 nitrogen and oxygen atoms in total. The number of hydrogen-bond donors (Lipinski definition) is 2. The summed E-state index contributed by atoms with van der Waals surface area (Å²) >= 11 is 6.68. The molecule has 6 heteroatoms. The number of aliphatic hydroxyl groups is 1. The molecule has 13 heavy (non-hydrogen) atoms. The van der Waals surface area contributed by atoms with E-state index >= 15 is 0 Å². The Morgan fingerprint density at radius 1 is 1.85 bits per heavy atom. The van der Waals surface area contributed by atoms with Crippen LogP contribution in [0.3, 0.4) is 0 Å². The molecule has 1 aromatic heterocycles. The minimum absolute atomic E-state index is 0.319. The molecular formula is C7H8ClNO3S. The number of hydrogen-bond acceptors (Lipinski definition) is 4. The van der Waals surface area contributed by atoms with Crippen LogP contribution in [0.4, 0.5) is 0 Å². The van der Waals surface area contributed by atoms with Crippen molar-refractivity contribution in [1.82, 2.24) is 4.98 Å². The van der Waals surface area contributed by atoms with E-state index in [1.54, 1.807) is 0 Å². The molecule has 0 radical (unpaired) electrons. The summed E-state index contributed by atoms with van der Waals surface area (Å²) in [5.41, 5.74) is -1.44. The molecular weight excluding hydrogens is 214 g/mol. The highest BCUT2D eigenvalue weighted by Crippen LogP contribution is 2.30. The van der Waals surface area contributed by atoms with Crippen molar-refractivity contribution in [2.75, 3.05) is 0 Å². The molecule has 0 aliphatic heterocycles. The van der Waals surface area contributed by atoms with Gasteiger partial charge in [0.25, 0.3) is 0 Å². The average Bonchev–Trinajstić information content (AvgIpc) is 2.32. The van der Waals surface area contributed by atoms with E-state index in [0.29, 0.717) is 9.34 Å². The lowest BCUT2D eigenvalue weighted by Gasteiger charge is -2.17. The van der Waals surface area contributed by atoms with Crippen LogP contribution in [0.1, 0.15) is 18.4 Å². The van der Waals surface area contributed by atoms with Gasteiger partial charge in [-0.2, -0.15) is 0 Å². The van der Waals surface area contributed by atoms with Crippen molar-refractivity contribution in [2.24, 2.45) is 0 Å². The van der Waals surface area contributed by atoms with Crippen LogP contribution in [0.15, 0.2) is 6.20 Å². The smallest absolute Gasteiger partial charge is 0.306 e. The van der Waals surface area contributed by atoms with Gasteiger partial charge in [0.15, 0.2) is 0 Å². The van der Waals surface area contributed by atoms with E-state index in [9.17, 15) is 9.90 Å². The SMILES string of the molecule is CC(O)(CC(=O)O)c1ncc(Cl)s1. The van der Waals surface area contributed by atoms with E-state index in [4.69, 9.17) is 16.7 Å². The fourth-order valence-electron chi connectivity index (χ4n) is 0.874. The Morgan fingerprint density at radius 3 is 2.85 bits per heavy atom. The molecule has 0 bridgehead atoms. The summed E-state index contributed by atoms with van der Waals surface area (Å²) in [5.74, 6) is -1.07. The first-order valence-electron chi connectivity index (χ1n) is 3.48. The maximum atomic E-state index is 10.4. The van der Waals surface area contributed by atoms with Crippen LogP contribution in [0.25, 0.3) is 0 Å². The predicted octanol–water partition coefficient (Wildman–Crippen LogP) is 1.48. The quantitative estimate of drug-likeness (QED) is 0.811. The Morgan fingerprint density at radius 2 is 2.46 bits per heavy atom. The molecule has 0 saturated heterocycles. The predicted molar refractivity (Wildman–Crippen MR) is 48.9 cm³/mol. The van der Waals surface area contributed by atoms with Gasteiger partial charge < -0.3 is 10.2 Å². The summed E-state index contributed by atoms with van der Waals surface area (Å²) in [6.45, 7) is 1.40. The van der Waals surface area contributed by atoms with Gasteiger partial charge in [0, 0.05) is 0 Å². The van der Waals surface area contributed by atoms with Crippen LogP contribution < -0.4 is 0 Å². The number of rotatable bonds is 3. The second kappa shape index (κ2) is 3.61. The molecule has 1 aromatic rings. The van der Waals surface area contributed by atoms with Crippen molar-refractivity contribution in [2.45, 2.75) is 18.9 Å². The number of carboxylic acid groups (broad SMARTS) is 1. The van der Waals surface area contributed by atoms with Crippen LogP contribution in [-0.2, 0) is 10.4 Å². The Labute approximate surface area is 83.8 Å². The first-order chi connectivity index (χ1) is 5.92. The van der Waals surface area contributed by atoms with Crippen LogP contribution in [0.2, 0.25) is 4.34 Å². The van der Waals surface area contributed by atoms with E-state index in [1.807, 2.05) is 0 Å². The molecule has 1 unspecified atom stereocenters. The average molecular weight is 222 g/mol. The van der Waals surface area contributed by atoms with E-state index in [-0.39, 0.29) is 6.42 Å². The summed E-state index contributed by atoms with van der Waals surface area (Å²) in [5, 5.41) is 18.5. The van der Waals surface area contributed by atoms with Crippen LogP contribution in [0.5, 0.6) is 0 Å². The third kappa shape index (κ3) is 2.65. The van der Waals surface area contributed by atoms with Gasteiger partial charge in [-0.25, -0.2) is 4.98 Å². The number of carbonyl (C=O) groups is 1. The van der Waals surface area contributed by atoms with E-state index < -0.39 is 11.6 Å². The molecule has 0 amide bonds. The van der Waals surface area contributed by atoms with Gasteiger partial charge in [0.1, 0.15) is 14.9 Å². The second-order valence-corrected chi connectivity index (χ2v) is 4.48. The minimum atomic E-state index is -1.44. The van der Waals surface area contributed by atoms with Crippen molar-refractivity contribution < 1.29 is 15.0 Å². The maximum absolute atomic E-state index is 10.4. The van der Waals surface area contributed by atoms with E-state index in [2.05, 4.69) is 4.98 Å². The molecule has 72 valence electrons. The Bertz CT molecular complexity index is 323. The Hall–Kier alpha value is -0.650. The lowest BCUT2D eigenvalue weighted by Crippen LogP contribution is -2.24. The third-order valence-electron chi connectivity index (χ3n) is 1.43. The van der Waals surface area contributed by atoms with Gasteiger partial charge >= 0.3 is 5.97 Å². The van der Waals surface area contributed by atoms with Gasteiger partial charge in [0.2, 0.25) is 0 Å². The zero-order valence-electron chi connectivity index (χ0n) is 6.82. The molecule has 0 spiro atoms. The largest absolute Gasteiger partial charge is 0.481 e. The number of aromatic nitrogens is 1. The Kier molecular flexibility index (Phi) is 2.90. The van der Waals surface area contributed by atoms with Crippen molar-refractivity contribution in [3.8, 4) is 0 Å². The lowest BCUT2D eigenvalue weighted by atomic mass is 10.0. The zero-order valence-corrected chi connectivity index (χ0v) is 8.39. The number of halogens is 1. The molecule has 0 aliphatic rings. The van der Waals surface area contributed by atoms with E-state index in [1.165, 1.54) is 13.1 Å². The van der Waals surface area contributed by atoms with Gasteiger partial charge in [0.05, 0.1) is 12.6 Å². The number of nitrogens with zero attached hydrogens (tertiary/aromatic N) is 1. The molecule has 1 heterocycles. The highest BCUT2D eigenvalue weighted by molar-refractivity contribution is 7.15. The maximum Gasteiger partial charge on any atom is 0.306 e. The minimum Gasteiger partial charge on any atom is -0.481 e. The van der Waals surface area contributed by atoms with Gasteiger partial charge in [-0.15, -0.1) is 11.3 Å². The standard InChI is InChI=1S/C7H8ClNO3S/c1-7(12,2-5(10)11)6-9-3-4(8)13-6/h3,12H,2H2,1H3,(H,10,11). The second-order valence-electron chi connectivity index (χ2n) is 2.81. The molecule has 0 saturated carbocycles. The third-order valence-corrected chi connectivity index (χ3v) is 2.80. The summed E-state index contributed by atoms with van der Waals surface area (Å²) in [6, 6.07) is 0. The lowest BCUT2D eigenvalue weighted by molar-refractivity contribution is -0.142. The van der Waals surface area contributed by atoms with Gasteiger partial charge in [-0.3, -0.25) is 4.79 Å². The van der Waals surface area contributed by atoms with Gasteiger partial charge in [-0.1, -0.05) is 11.6 Å². The number of aliphatic carboxylic acids is 1. The topological polar surface area (TPSA) is 70.4 Å². The highest BCUT2D eigenvalue weighted by Gasteiger charge is 2.29. The van der Waals surface area contributed by atoms with Crippen LogP contribution in [0, 0.1) is 0 Å². The molecule has 1 rings (SSSR count). The first kappa shape index (κ1) is 10.4. The van der Waals surface area contributed by atoms with Crippen molar-refractivity contribution in [3.05, 3.63) is 15.5 Å². The van der Waals surface area contributed by atoms with Crippen LogP contribution >= 0.6 is 22.9 Å². The molecule has 1 atom stereocenters. The summed E-state index contributed by atoms with van der Waals surface area (Å²) in [6.07, 6.45) is 1.01. The van der Waals surface area contributed by atoms with Crippen molar-refractivity contribution in [3.63, 3.8) is 0 Å². The fraction of sp³-hybridized carbons (Fsp3) is 0.429. The van der Waals surface area contributed by atoms with Gasteiger partial charge in [-0.05, 0) is 6.92 Å². The van der Waals surface area contributed by atoms with Crippen molar-refractivity contribution in [1.29, 1.82) is 0 Å². The molecule has 2 N–H and O–H groups in total. The number of thiazole rings is 1. The molecule has 0 aromatic carbocycles. The molecule has 0 fully saturated rings. The summed E-state index contributed by atoms with van der Waals surface area (Å²) in [7, 11) is 0. The number of carboxylic acids is 1. The molecule has 0 aliphatic carbocycles. The highest BCUT2D eigenvalue weighted by atomic mass is 35.5. The summed E-state index contributed by atoms with van der Waals surface area (Å²) < 4.78 is 0.431. The fourth-order valence-corrected chi connectivity index (χ4v) is 1.83. The first-order valence-corrected chi connectivity index (χ1v) is 4.67. The monoisotopic (exact) mass is 221 g/mol. The van der Waals surface area contributed by atoms with E-state index in [0.717, 1.165) is 11.3 Å². The van der Waals surface area contributed by atoms with Crippen LogP contribution in [-0.4, -0.2) is 21.2 Å². The Balaban J connectivity index is 2.86. The zero-order chi connectivity index (χ0) is 10.1.